The van der Waals surface area contributed by atoms with Gasteiger partial charge in [0.25, 0.3) is 0 Å². The van der Waals surface area contributed by atoms with E-state index in [4.69, 9.17) is 33.2 Å². The summed E-state index contributed by atoms with van der Waals surface area (Å²) in [5, 5.41) is 10.7. The van der Waals surface area contributed by atoms with E-state index >= 15 is 0 Å². The Labute approximate surface area is 395 Å². The second-order valence-corrected chi connectivity index (χ2v) is 17.3. The van der Waals surface area contributed by atoms with Crippen molar-refractivity contribution in [3.8, 4) is 0 Å². The van der Waals surface area contributed by atoms with Crippen LogP contribution in [0.1, 0.15) is 51.8 Å². The van der Waals surface area contributed by atoms with E-state index in [1.54, 1.807) is 0 Å². The van der Waals surface area contributed by atoms with Crippen molar-refractivity contribution >= 4 is 0 Å². The molecule has 8 heteroatoms. The second kappa shape index (κ2) is 23.3. The first-order chi connectivity index (χ1) is 33.2. The van der Waals surface area contributed by atoms with Crippen LogP contribution in [-0.2, 0) is 65.2 Å². The molecule has 7 aromatic rings. The summed E-state index contributed by atoms with van der Waals surface area (Å²) in [5.41, 5.74) is 6.22. The third-order valence-corrected chi connectivity index (χ3v) is 12.9. The zero-order valence-corrected chi connectivity index (χ0v) is 37.8. The number of rotatable bonds is 22. The summed E-state index contributed by atoms with van der Waals surface area (Å²) in [6.45, 7) is 1.47. The topological polar surface area (TPSA) is 84.8 Å². The monoisotopic (exact) mass is 896 g/mol. The molecule has 2 fully saturated rings. The van der Waals surface area contributed by atoms with Gasteiger partial charge in [-0.2, -0.15) is 0 Å². The lowest BCUT2D eigenvalue weighted by Gasteiger charge is -2.37. The molecule has 0 unspecified atom stereocenters. The molecule has 67 heavy (non-hydrogen) atoms. The Hall–Kier alpha value is -5.78. The zero-order valence-electron chi connectivity index (χ0n) is 37.8. The SMILES string of the molecule is OC[C@H]1O[C@H](CC[C@H]2O[C@H](COC(c3ccccc3)(c3ccccc3)c3ccccc3)[C@@H](OCc3ccccc3)[C@@H]2OCc2ccccc2)[C@@H](OCc2ccccc2)[C@@H]1OCc1ccccc1. The molecule has 7 aromatic carbocycles. The van der Waals surface area contributed by atoms with Crippen molar-refractivity contribution in [3.05, 3.63) is 251 Å². The summed E-state index contributed by atoms with van der Waals surface area (Å²) in [6, 6.07) is 71.8. The Morgan fingerprint density at radius 1 is 0.343 bits per heavy atom. The molecule has 9 rings (SSSR count). The van der Waals surface area contributed by atoms with Gasteiger partial charge in [0.05, 0.1) is 51.8 Å². The number of benzene rings is 7. The van der Waals surface area contributed by atoms with E-state index in [2.05, 4.69) is 109 Å². The van der Waals surface area contributed by atoms with Gasteiger partial charge in [0, 0.05) is 0 Å². The Balaban J connectivity index is 1.03. The maximum atomic E-state index is 10.7. The van der Waals surface area contributed by atoms with Crippen LogP contribution in [0, 0.1) is 0 Å². The largest absolute Gasteiger partial charge is 0.394 e. The number of aliphatic hydroxyl groups is 1. The van der Waals surface area contributed by atoms with Crippen LogP contribution >= 0.6 is 0 Å². The first-order valence-corrected chi connectivity index (χ1v) is 23.5. The van der Waals surface area contributed by atoms with Crippen LogP contribution in [0.5, 0.6) is 0 Å². The zero-order chi connectivity index (χ0) is 45.5. The molecule has 2 saturated heterocycles. The van der Waals surface area contributed by atoms with E-state index in [1.165, 1.54) is 0 Å². The van der Waals surface area contributed by atoms with Gasteiger partial charge in [-0.25, -0.2) is 0 Å². The highest BCUT2D eigenvalue weighted by molar-refractivity contribution is 5.47. The van der Waals surface area contributed by atoms with Crippen LogP contribution in [0.25, 0.3) is 0 Å². The Bertz CT molecular complexity index is 2370. The fourth-order valence-corrected chi connectivity index (χ4v) is 9.53. The van der Waals surface area contributed by atoms with Gasteiger partial charge in [0.1, 0.15) is 42.2 Å². The smallest absolute Gasteiger partial charge is 0.143 e. The molecule has 2 heterocycles. The Morgan fingerprint density at radius 3 is 0.925 bits per heavy atom. The predicted molar refractivity (Wildman–Crippen MR) is 259 cm³/mol. The van der Waals surface area contributed by atoms with E-state index in [9.17, 15) is 5.11 Å². The summed E-state index contributed by atoms with van der Waals surface area (Å²) < 4.78 is 48.6. The lowest BCUT2D eigenvalue weighted by atomic mass is 9.80. The number of hydrogen-bond donors (Lipinski definition) is 1. The summed E-state index contributed by atoms with van der Waals surface area (Å²) >= 11 is 0. The number of ether oxygens (including phenoxy) is 7. The molecule has 0 spiro atoms. The lowest BCUT2D eigenvalue weighted by molar-refractivity contribution is -0.105. The van der Waals surface area contributed by atoms with Crippen molar-refractivity contribution in [2.75, 3.05) is 13.2 Å². The van der Waals surface area contributed by atoms with Crippen molar-refractivity contribution in [2.45, 2.75) is 93.7 Å². The van der Waals surface area contributed by atoms with E-state index in [0.717, 1.165) is 38.9 Å². The van der Waals surface area contributed by atoms with Crippen LogP contribution in [-0.4, -0.2) is 67.2 Å². The molecule has 0 saturated carbocycles. The molecule has 1 N–H and O–H groups in total. The first-order valence-electron chi connectivity index (χ1n) is 23.5. The molecular weight excluding hydrogens is 837 g/mol. The predicted octanol–water partition coefficient (Wildman–Crippen LogP) is 10.6. The highest BCUT2D eigenvalue weighted by Crippen LogP contribution is 2.42. The lowest BCUT2D eigenvalue weighted by Crippen LogP contribution is -2.42. The van der Waals surface area contributed by atoms with E-state index < -0.39 is 54.4 Å². The maximum absolute atomic E-state index is 10.7. The summed E-state index contributed by atoms with van der Waals surface area (Å²) in [5.74, 6) is 0. The van der Waals surface area contributed by atoms with Gasteiger partial charge in [0.2, 0.25) is 0 Å². The quantitative estimate of drug-likeness (QED) is 0.0674. The van der Waals surface area contributed by atoms with Crippen LogP contribution in [0.15, 0.2) is 212 Å². The third kappa shape index (κ3) is 11.5. The fraction of sp³-hybridized carbons (Fsp3) is 0.288. The van der Waals surface area contributed by atoms with Crippen LogP contribution in [0.4, 0.5) is 0 Å². The van der Waals surface area contributed by atoms with E-state index in [-0.39, 0.29) is 13.2 Å². The molecule has 0 bridgehead atoms. The fourth-order valence-electron chi connectivity index (χ4n) is 9.53. The highest BCUT2D eigenvalue weighted by atomic mass is 16.6. The minimum atomic E-state index is -0.968. The van der Waals surface area contributed by atoms with Gasteiger partial charge in [0.15, 0.2) is 0 Å². The van der Waals surface area contributed by atoms with Crippen molar-refractivity contribution in [2.24, 2.45) is 0 Å². The minimum Gasteiger partial charge on any atom is -0.394 e. The molecule has 0 amide bonds. The normalized spacial score (nSPS) is 22.8. The van der Waals surface area contributed by atoms with Crippen molar-refractivity contribution < 1.29 is 38.3 Å². The number of aliphatic hydroxyl groups excluding tert-OH is 1. The summed E-state index contributed by atoms with van der Waals surface area (Å²) in [6.07, 6.45) is -2.73. The Morgan fingerprint density at radius 2 is 0.612 bits per heavy atom. The van der Waals surface area contributed by atoms with Gasteiger partial charge >= 0.3 is 0 Å². The van der Waals surface area contributed by atoms with Gasteiger partial charge in [-0.1, -0.05) is 212 Å². The van der Waals surface area contributed by atoms with Gasteiger partial charge in [-0.3, -0.25) is 0 Å². The van der Waals surface area contributed by atoms with Gasteiger partial charge in [-0.15, -0.1) is 0 Å². The molecule has 344 valence electrons. The molecule has 2 aliphatic rings. The molecule has 0 radical (unpaired) electrons. The third-order valence-electron chi connectivity index (χ3n) is 12.9. The van der Waals surface area contributed by atoms with Crippen LogP contribution in [0.3, 0.4) is 0 Å². The van der Waals surface area contributed by atoms with E-state index in [1.807, 2.05) is 103 Å². The van der Waals surface area contributed by atoms with Crippen LogP contribution < -0.4 is 0 Å². The first kappa shape index (κ1) is 46.3. The summed E-state index contributed by atoms with van der Waals surface area (Å²) in [7, 11) is 0. The Kier molecular flexibility index (Phi) is 16.1. The average Bonchev–Trinajstić information content (AvgIpc) is 3.93. The average molecular weight is 897 g/mol. The van der Waals surface area contributed by atoms with Crippen molar-refractivity contribution in [1.29, 1.82) is 0 Å². The van der Waals surface area contributed by atoms with Crippen molar-refractivity contribution in [3.63, 3.8) is 0 Å². The van der Waals surface area contributed by atoms with Crippen molar-refractivity contribution in [1.82, 2.24) is 0 Å². The second-order valence-electron chi connectivity index (χ2n) is 17.3. The summed E-state index contributed by atoms with van der Waals surface area (Å²) in [4.78, 5) is 0. The standard InChI is InChI=1S/C59H60O8/c60-38-53-57(63-41-46-26-12-3-13-27-46)55(61-39-44-22-8-1-9-23-44)51(66-53)36-37-52-56(62-40-45-24-10-2-11-25-45)58(64-42-47-28-14-4-15-29-47)54(67-52)43-65-59(48-30-16-5-17-31-48,49-32-18-6-19-33-49)50-34-20-7-21-35-50/h1-35,51-58,60H,36-43H2/t51-,52-,53-,54-,55-,56-,57-,58-/m1/s1. The minimum absolute atomic E-state index is 0.199. The molecule has 0 aromatic heterocycles. The number of hydrogen-bond acceptors (Lipinski definition) is 8. The van der Waals surface area contributed by atoms with Gasteiger partial charge in [-0.05, 0) is 51.8 Å². The van der Waals surface area contributed by atoms with Crippen LogP contribution in [0.2, 0.25) is 0 Å². The molecule has 0 aliphatic carbocycles. The highest BCUT2D eigenvalue weighted by Gasteiger charge is 2.50. The van der Waals surface area contributed by atoms with Gasteiger partial charge < -0.3 is 38.3 Å². The molecule has 8 nitrogen and oxygen atoms in total. The maximum Gasteiger partial charge on any atom is 0.143 e. The molecule has 8 atom stereocenters. The molecular formula is C59H60O8. The van der Waals surface area contributed by atoms with E-state index in [0.29, 0.717) is 39.3 Å². The molecule has 2 aliphatic heterocycles.